The molecule has 1 aliphatic carbocycles. The smallest absolute Gasteiger partial charge is 0.0710 e. The molecule has 5 nitrogen and oxygen atoms in total. The van der Waals surface area contributed by atoms with Gasteiger partial charge in [-0.1, -0.05) is 6.42 Å². The second-order valence-electron chi connectivity index (χ2n) is 6.65. The number of aryl methyl sites for hydroxylation is 1. The van der Waals surface area contributed by atoms with E-state index in [4.69, 9.17) is 4.74 Å². The van der Waals surface area contributed by atoms with Crippen LogP contribution in [0.1, 0.15) is 38.2 Å². The molecule has 124 valence electrons. The van der Waals surface area contributed by atoms with Crippen molar-refractivity contribution in [3.05, 3.63) is 18.0 Å². The van der Waals surface area contributed by atoms with E-state index in [1.807, 2.05) is 18.0 Å². The van der Waals surface area contributed by atoms with Crippen LogP contribution in [-0.2, 0) is 17.7 Å². The monoisotopic (exact) mass is 306 g/mol. The van der Waals surface area contributed by atoms with E-state index in [-0.39, 0.29) is 0 Å². The van der Waals surface area contributed by atoms with Gasteiger partial charge < -0.3 is 10.1 Å². The first kappa shape index (κ1) is 16.0. The number of rotatable bonds is 7. The molecule has 1 aliphatic heterocycles. The van der Waals surface area contributed by atoms with Gasteiger partial charge in [0.25, 0.3) is 0 Å². The highest BCUT2D eigenvalue weighted by molar-refractivity contribution is 5.04. The molecule has 2 aliphatic rings. The maximum absolute atomic E-state index is 5.52. The van der Waals surface area contributed by atoms with Gasteiger partial charge >= 0.3 is 0 Å². The summed E-state index contributed by atoms with van der Waals surface area (Å²) in [5.74, 6) is 0. The fourth-order valence-electron chi connectivity index (χ4n) is 3.97. The van der Waals surface area contributed by atoms with Crippen molar-refractivity contribution < 1.29 is 4.74 Å². The number of methoxy groups -OCH3 is 1. The van der Waals surface area contributed by atoms with E-state index in [0.717, 1.165) is 26.1 Å². The molecule has 1 saturated carbocycles. The normalized spacial score (nSPS) is 29.5. The molecule has 2 fully saturated rings. The Morgan fingerprint density at radius 3 is 3.00 bits per heavy atom. The minimum absolute atomic E-state index is 0.445. The lowest BCUT2D eigenvalue weighted by molar-refractivity contribution is 0.0981. The van der Waals surface area contributed by atoms with Gasteiger partial charge in [0, 0.05) is 45.0 Å². The zero-order chi connectivity index (χ0) is 15.4. The molecular weight excluding hydrogens is 276 g/mol. The number of hydrogen-bond acceptors (Lipinski definition) is 4. The van der Waals surface area contributed by atoms with Crippen molar-refractivity contribution in [1.29, 1.82) is 0 Å². The summed E-state index contributed by atoms with van der Waals surface area (Å²) < 4.78 is 7.52. The molecule has 0 radical (unpaired) electrons. The van der Waals surface area contributed by atoms with Gasteiger partial charge in [-0.25, -0.2) is 0 Å². The summed E-state index contributed by atoms with van der Waals surface area (Å²) in [6, 6.07) is 1.36. The van der Waals surface area contributed by atoms with Crippen LogP contribution < -0.4 is 5.32 Å². The average Bonchev–Trinajstić information content (AvgIpc) is 3.27. The SMILES string of the molecule is CCn1cc(CCN[C@@H]2CCC[C@@H]2N2CCC(OC)C2)cn1. The molecule has 2 heterocycles. The van der Waals surface area contributed by atoms with Crippen LogP contribution in [0, 0.1) is 0 Å². The van der Waals surface area contributed by atoms with Crippen LogP contribution in [0.25, 0.3) is 0 Å². The molecule has 0 aromatic carbocycles. The number of aromatic nitrogens is 2. The Morgan fingerprint density at radius 1 is 1.36 bits per heavy atom. The second-order valence-corrected chi connectivity index (χ2v) is 6.65. The summed E-state index contributed by atoms with van der Waals surface area (Å²) in [6.07, 6.45) is 10.9. The third kappa shape index (κ3) is 3.70. The van der Waals surface area contributed by atoms with Gasteiger partial charge in [-0.3, -0.25) is 9.58 Å². The summed E-state index contributed by atoms with van der Waals surface area (Å²) in [4.78, 5) is 2.65. The number of nitrogens with one attached hydrogen (secondary N) is 1. The number of likely N-dealkylation sites (tertiary alicyclic amines) is 1. The molecule has 1 aromatic rings. The minimum Gasteiger partial charge on any atom is -0.380 e. The standard InChI is InChI=1S/C17H30N4O/c1-3-21-12-14(11-19-21)7-9-18-16-5-4-6-17(16)20-10-8-15(13-20)22-2/h11-12,15-18H,3-10,13H2,1-2H3/t15?,16-,17+/m1/s1. The number of hydrogen-bond donors (Lipinski definition) is 1. The quantitative estimate of drug-likeness (QED) is 0.832. The fraction of sp³-hybridized carbons (Fsp3) is 0.824. The molecule has 1 unspecified atom stereocenters. The van der Waals surface area contributed by atoms with Gasteiger partial charge in [0.05, 0.1) is 12.3 Å². The Labute approximate surface area is 134 Å². The highest BCUT2D eigenvalue weighted by atomic mass is 16.5. The van der Waals surface area contributed by atoms with E-state index in [0.29, 0.717) is 18.2 Å². The molecule has 22 heavy (non-hydrogen) atoms. The van der Waals surface area contributed by atoms with Crippen LogP contribution >= 0.6 is 0 Å². The van der Waals surface area contributed by atoms with E-state index >= 15 is 0 Å². The van der Waals surface area contributed by atoms with Gasteiger partial charge in [0.2, 0.25) is 0 Å². The summed E-state index contributed by atoms with van der Waals surface area (Å²) in [5, 5.41) is 8.15. The first-order chi connectivity index (χ1) is 10.8. The van der Waals surface area contributed by atoms with Crippen LogP contribution in [0.5, 0.6) is 0 Å². The van der Waals surface area contributed by atoms with Crippen molar-refractivity contribution in [3.63, 3.8) is 0 Å². The third-order valence-corrected chi connectivity index (χ3v) is 5.29. The van der Waals surface area contributed by atoms with Gasteiger partial charge in [-0.15, -0.1) is 0 Å². The second kappa shape index (κ2) is 7.57. The maximum atomic E-state index is 5.52. The molecule has 1 N–H and O–H groups in total. The average molecular weight is 306 g/mol. The molecule has 0 spiro atoms. The molecule has 3 rings (SSSR count). The topological polar surface area (TPSA) is 42.3 Å². The number of ether oxygens (including phenoxy) is 1. The van der Waals surface area contributed by atoms with Crippen molar-refractivity contribution in [2.45, 2.75) is 63.8 Å². The van der Waals surface area contributed by atoms with Crippen LogP contribution in [0.2, 0.25) is 0 Å². The van der Waals surface area contributed by atoms with E-state index in [2.05, 4.69) is 28.4 Å². The number of nitrogens with zero attached hydrogens (tertiary/aromatic N) is 3. The molecule has 0 bridgehead atoms. The lowest BCUT2D eigenvalue weighted by atomic mass is 10.1. The Morgan fingerprint density at radius 2 is 2.27 bits per heavy atom. The van der Waals surface area contributed by atoms with E-state index < -0.39 is 0 Å². The fourth-order valence-corrected chi connectivity index (χ4v) is 3.97. The zero-order valence-corrected chi connectivity index (χ0v) is 14.0. The minimum atomic E-state index is 0.445. The molecule has 5 heteroatoms. The summed E-state index contributed by atoms with van der Waals surface area (Å²) >= 11 is 0. The third-order valence-electron chi connectivity index (χ3n) is 5.29. The van der Waals surface area contributed by atoms with Gasteiger partial charge in [-0.2, -0.15) is 5.10 Å². The van der Waals surface area contributed by atoms with Gasteiger partial charge in [0.1, 0.15) is 0 Å². The summed E-state index contributed by atoms with van der Waals surface area (Å²) in [6.45, 7) is 6.45. The van der Waals surface area contributed by atoms with Crippen LogP contribution in [-0.4, -0.2) is 59.6 Å². The summed E-state index contributed by atoms with van der Waals surface area (Å²) in [7, 11) is 1.84. The Bertz CT molecular complexity index is 461. The van der Waals surface area contributed by atoms with Crippen molar-refractivity contribution in [1.82, 2.24) is 20.0 Å². The van der Waals surface area contributed by atoms with Crippen LogP contribution in [0.4, 0.5) is 0 Å². The van der Waals surface area contributed by atoms with Gasteiger partial charge in [0.15, 0.2) is 0 Å². The summed E-state index contributed by atoms with van der Waals surface area (Å²) in [5.41, 5.74) is 1.34. The van der Waals surface area contributed by atoms with Crippen molar-refractivity contribution in [2.75, 3.05) is 26.7 Å². The van der Waals surface area contributed by atoms with Crippen molar-refractivity contribution in [3.8, 4) is 0 Å². The Kier molecular flexibility index (Phi) is 5.50. The molecular formula is C17H30N4O. The van der Waals surface area contributed by atoms with Crippen molar-refractivity contribution in [2.24, 2.45) is 0 Å². The first-order valence-corrected chi connectivity index (χ1v) is 8.81. The van der Waals surface area contributed by atoms with Crippen molar-refractivity contribution >= 4 is 0 Å². The molecule has 3 atom stereocenters. The highest BCUT2D eigenvalue weighted by Gasteiger charge is 2.35. The van der Waals surface area contributed by atoms with E-state index in [1.54, 1.807) is 0 Å². The van der Waals surface area contributed by atoms with Crippen LogP contribution in [0.15, 0.2) is 12.4 Å². The largest absolute Gasteiger partial charge is 0.380 e. The van der Waals surface area contributed by atoms with Crippen LogP contribution in [0.3, 0.4) is 0 Å². The Hall–Kier alpha value is -0.910. The maximum Gasteiger partial charge on any atom is 0.0710 e. The zero-order valence-electron chi connectivity index (χ0n) is 14.0. The van der Waals surface area contributed by atoms with E-state index in [9.17, 15) is 0 Å². The molecule has 1 saturated heterocycles. The first-order valence-electron chi connectivity index (χ1n) is 8.81. The van der Waals surface area contributed by atoms with Gasteiger partial charge in [-0.05, 0) is 44.7 Å². The molecule has 1 aromatic heterocycles. The predicted octanol–water partition coefficient (Wildman–Crippen LogP) is 1.68. The molecule has 0 amide bonds. The van der Waals surface area contributed by atoms with E-state index in [1.165, 1.54) is 37.8 Å². The predicted molar refractivity (Wildman–Crippen MR) is 88.0 cm³/mol. The Balaban J connectivity index is 1.45. The lowest BCUT2D eigenvalue weighted by Gasteiger charge is -2.30. The highest BCUT2D eigenvalue weighted by Crippen LogP contribution is 2.27. The lowest BCUT2D eigenvalue weighted by Crippen LogP contribution is -2.46.